The summed E-state index contributed by atoms with van der Waals surface area (Å²) in [6, 6.07) is 7.25. The van der Waals surface area contributed by atoms with E-state index < -0.39 is 0 Å². The van der Waals surface area contributed by atoms with Gasteiger partial charge >= 0.3 is 5.97 Å². The Kier molecular flexibility index (Phi) is 8.22. The van der Waals surface area contributed by atoms with E-state index in [2.05, 4.69) is 25.1 Å². The number of aromatic nitrogens is 3. The van der Waals surface area contributed by atoms with Gasteiger partial charge < -0.3 is 19.7 Å². The molecule has 0 aliphatic rings. The summed E-state index contributed by atoms with van der Waals surface area (Å²) in [4.78, 5) is 30.5. The molecule has 3 rings (SSSR count). The Hall–Kier alpha value is -3.64. The second-order valence-electron chi connectivity index (χ2n) is 7.20. The van der Waals surface area contributed by atoms with E-state index in [1.807, 2.05) is 24.1 Å². The van der Waals surface area contributed by atoms with Gasteiger partial charge in [0.1, 0.15) is 11.6 Å². The minimum absolute atomic E-state index is 0.223. The highest BCUT2D eigenvalue weighted by atomic mass is 35.5. The molecule has 0 aliphatic heterocycles. The number of fused-ring (bicyclic) bond motifs is 1. The Bertz CT molecular complexity index is 1180. The number of nitrogens with one attached hydrogen (secondary N) is 1. The number of carbonyl (C=O) groups excluding carboxylic acids is 1. The van der Waals surface area contributed by atoms with Crippen LogP contribution in [-0.2, 0) is 16.1 Å². The average molecular weight is 469 g/mol. The number of rotatable bonds is 10. The number of methoxy groups -OCH3 is 1. The third-order valence-electron chi connectivity index (χ3n) is 4.85. The van der Waals surface area contributed by atoms with Crippen molar-refractivity contribution in [2.45, 2.75) is 26.3 Å². The van der Waals surface area contributed by atoms with Gasteiger partial charge in [0, 0.05) is 32.8 Å². The van der Waals surface area contributed by atoms with E-state index in [0.717, 1.165) is 5.56 Å². The van der Waals surface area contributed by atoms with Crippen molar-refractivity contribution in [2.24, 2.45) is 0 Å². The molecule has 2 heterocycles. The number of nitrogens with zero attached hydrogens (tertiary/aromatic N) is 5. The molecule has 10 heteroatoms. The van der Waals surface area contributed by atoms with E-state index >= 15 is 0 Å². The molecule has 0 saturated carbocycles. The van der Waals surface area contributed by atoms with Crippen LogP contribution in [0.4, 0.5) is 17.5 Å². The van der Waals surface area contributed by atoms with Crippen molar-refractivity contribution < 1.29 is 14.3 Å². The van der Waals surface area contributed by atoms with Gasteiger partial charge in [0.25, 0.3) is 0 Å². The Morgan fingerprint density at radius 1 is 1.30 bits per heavy atom. The Morgan fingerprint density at radius 3 is 2.82 bits per heavy atom. The highest BCUT2D eigenvalue weighted by molar-refractivity contribution is 6.32. The van der Waals surface area contributed by atoms with Crippen LogP contribution < -0.4 is 15.0 Å². The number of anilines is 2. The van der Waals surface area contributed by atoms with Crippen LogP contribution in [0.2, 0.25) is 5.02 Å². The van der Waals surface area contributed by atoms with E-state index in [0.29, 0.717) is 71.8 Å². The predicted molar refractivity (Wildman–Crippen MR) is 128 cm³/mol. The third kappa shape index (κ3) is 6.20. The van der Waals surface area contributed by atoms with Crippen LogP contribution in [0.5, 0.6) is 5.75 Å². The van der Waals surface area contributed by atoms with E-state index in [1.165, 1.54) is 6.20 Å². The van der Waals surface area contributed by atoms with Crippen molar-refractivity contribution in [1.29, 1.82) is 0 Å². The van der Waals surface area contributed by atoms with Gasteiger partial charge in [0.2, 0.25) is 11.6 Å². The Balaban J connectivity index is 1.84. The van der Waals surface area contributed by atoms with Gasteiger partial charge in [0.05, 0.1) is 30.7 Å². The molecule has 0 radical (unpaired) electrons. The molecule has 3 aromatic rings. The number of pyridine rings is 1. The highest BCUT2D eigenvalue weighted by Crippen LogP contribution is 2.28. The zero-order chi connectivity index (χ0) is 23.8. The topological polar surface area (TPSA) is 93.8 Å². The van der Waals surface area contributed by atoms with Crippen LogP contribution in [0.3, 0.4) is 0 Å². The number of hydrogen-bond donors (Lipinski definition) is 1. The lowest BCUT2D eigenvalue weighted by Crippen LogP contribution is -2.22. The smallest absolute Gasteiger partial charge is 0.305 e. The first-order valence-electron chi connectivity index (χ1n) is 10.4. The SMILES string of the molecule is [C-]#[N+]c1cnc2nc(N(C)CCCC(=O)OCC)nc(NCc3ccc(OC)c(Cl)c3)c2c1. The van der Waals surface area contributed by atoms with Gasteiger partial charge in [-0.15, -0.1) is 0 Å². The maximum atomic E-state index is 11.6. The molecule has 172 valence electrons. The maximum Gasteiger partial charge on any atom is 0.305 e. The van der Waals surface area contributed by atoms with Crippen LogP contribution in [0.25, 0.3) is 15.9 Å². The average Bonchev–Trinajstić information content (AvgIpc) is 2.82. The van der Waals surface area contributed by atoms with Crippen molar-refractivity contribution in [1.82, 2.24) is 15.0 Å². The molecule has 0 atom stereocenters. The molecule has 0 saturated heterocycles. The zero-order valence-electron chi connectivity index (χ0n) is 18.8. The number of carbonyl (C=O) groups is 1. The fourth-order valence-corrected chi connectivity index (χ4v) is 3.44. The number of halogens is 1. The van der Waals surface area contributed by atoms with Crippen molar-refractivity contribution in [3.63, 3.8) is 0 Å². The molecular weight excluding hydrogens is 444 g/mol. The lowest BCUT2D eigenvalue weighted by atomic mass is 10.2. The summed E-state index contributed by atoms with van der Waals surface area (Å²) in [6.07, 6.45) is 2.41. The van der Waals surface area contributed by atoms with E-state index in [1.54, 1.807) is 26.2 Å². The Morgan fingerprint density at radius 2 is 2.12 bits per heavy atom. The Labute approximate surface area is 197 Å². The van der Waals surface area contributed by atoms with Gasteiger partial charge in [-0.1, -0.05) is 17.7 Å². The molecular formula is C23H25ClN6O3. The molecule has 0 bridgehead atoms. The van der Waals surface area contributed by atoms with Gasteiger partial charge in [-0.3, -0.25) is 4.79 Å². The van der Waals surface area contributed by atoms with Gasteiger partial charge in [-0.2, -0.15) is 9.97 Å². The summed E-state index contributed by atoms with van der Waals surface area (Å²) >= 11 is 6.24. The van der Waals surface area contributed by atoms with Crippen LogP contribution in [0.15, 0.2) is 30.5 Å². The van der Waals surface area contributed by atoms with Gasteiger partial charge in [-0.05, 0) is 37.1 Å². The molecule has 1 aromatic carbocycles. The number of esters is 1. The van der Waals surface area contributed by atoms with Crippen LogP contribution in [-0.4, -0.2) is 48.2 Å². The molecule has 0 aliphatic carbocycles. The zero-order valence-corrected chi connectivity index (χ0v) is 19.5. The summed E-state index contributed by atoms with van der Waals surface area (Å²) < 4.78 is 10.2. The molecule has 0 fully saturated rings. The van der Waals surface area contributed by atoms with Crippen molar-refractivity contribution >= 4 is 46.1 Å². The summed E-state index contributed by atoms with van der Waals surface area (Å²) in [6.45, 7) is 10.5. The first-order chi connectivity index (χ1) is 15.9. The summed E-state index contributed by atoms with van der Waals surface area (Å²) in [5, 5.41) is 4.47. The summed E-state index contributed by atoms with van der Waals surface area (Å²) in [7, 11) is 3.42. The predicted octanol–water partition coefficient (Wildman–Crippen LogP) is 4.63. The second kappa shape index (κ2) is 11.3. The number of benzene rings is 1. The monoisotopic (exact) mass is 468 g/mol. The van der Waals surface area contributed by atoms with Crippen molar-refractivity contribution in [3.8, 4) is 5.75 Å². The standard InChI is InChI=1S/C23H25ClN6O3/c1-5-33-20(31)7-6-10-30(3)23-28-21(17-12-16(25-2)14-27-22(17)29-23)26-13-15-8-9-19(32-4)18(24)11-15/h8-9,11-12,14H,5-7,10,13H2,1,3-4H3,(H,26,27,28,29). The van der Waals surface area contributed by atoms with Crippen LogP contribution >= 0.6 is 11.6 Å². The molecule has 0 unspecified atom stereocenters. The minimum atomic E-state index is -0.223. The molecule has 9 nitrogen and oxygen atoms in total. The van der Waals surface area contributed by atoms with Crippen LogP contribution in [0.1, 0.15) is 25.3 Å². The van der Waals surface area contributed by atoms with Crippen molar-refractivity contribution in [3.05, 3.63) is 52.5 Å². The molecule has 0 amide bonds. The number of hydrogen-bond acceptors (Lipinski definition) is 8. The highest BCUT2D eigenvalue weighted by Gasteiger charge is 2.14. The third-order valence-corrected chi connectivity index (χ3v) is 5.15. The fraction of sp³-hybridized carbons (Fsp3) is 0.348. The fourth-order valence-electron chi connectivity index (χ4n) is 3.16. The van der Waals surface area contributed by atoms with E-state index in [4.69, 9.17) is 27.6 Å². The lowest BCUT2D eigenvalue weighted by molar-refractivity contribution is -0.143. The van der Waals surface area contributed by atoms with Gasteiger partial charge in [0.15, 0.2) is 5.65 Å². The van der Waals surface area contributed by atoms with Crippen molar-refractivity contribution in [2.75, 3.05) is 37.5 Å². The maximum absolute atomic E-state index is 11.6. The molecule has 1 N–H and O–H groups in total. The first kappa shape index (κ1) is 24.0. The van der Waals surface area contributed by atoms with Gasteiger partial charge in [-0.25, -0.2) is 9.83 Å². The second-order valence-corrected chi connectivity index (χ2v) is 7.61. The van der Waals surface area contributed by atoms with E-state index in [9.17, 15) is 4.79 Å². The quantitative estimate of drug-likeness (QED) is 0.340. The molecule has 33 heavy (non-hydrogen) atoms. The minimum Gasteiger partial charge on any atom is -0.495 e. The molecule has 2 aromatic heterocycles. The summed E-state index contributed by atoms with van der Waals surface area (Å²) in [5.41, 5.74) is 1.81. The summed E-state index contributed by atoms with van der Waals surface area (Å²) in [5.74, 6) is 1.39. The van der Waals surface area contributed by atoms with Crippen LogP contribution in [0, 0.1) is 6.57 Å². The normalized spacial score (nSPS) is 10.5. The largest absolute Gasteiger partial charge is 0.495 e. The van der Waals surface area contributed by atoms with E-state index in [-0.39, 0.29) is 5.97 Å². The lowest BCUT2D eigenvalue weighted by Gasteiger charge is -2.19. The molecule has 0 spiro atoms. The first-order valence-corrected chi connectivity index (χ1v) is 10.8. The number of ether oxygens (including phenoxy) is 2.